The van der Waals surface area contributed by atoms with E-state index in [1.165, 1.54) is 0 Å². The fraction of sp³-hybridized carbons (Fsp3) is 0.448. The van der Waals surface area contributed by atoms with Gasteiger partial charge >= 0.3 is 0 Å². The molecule has 0 aliphatic heterocycles. The Morgan fingerprint density at radius 1 is 1.16 bits per heavy atom. The molecule has 1 aliphatic rings. The number of thiazole rings is 1. The van der Waals surface area contributed by atoms with E-state index >= 15 is 0 Å². The average molecular weight is 574 g/mol. The summed E-state index contributed by atoms with van der Waals surface area (Å²) in [5.41, 5.74) is 4.43. The minimum atomic E-state index is 0.0412. The third kappa shape index (κ3) is 5.73. The van der Waals surface area contributed by atoms with E-state index in [9.17, 15) is 5.11 Å². The summed E-state index contributed by atoms with van der Waals surface area (Å²) in [6.07, 6.45) is 5.23. The third-order valence-corrected chi connectivity index (χ3v) is 9.27. The molecular weight excluding hydrogens is 539 g/mol. The van der Waals surface area contributed by atoms with Gasteiger partial charge in [-0.2, -0.15) is 0 Å². The van der Waals surface area contributed by atoms with E-state index in [2.05, 4.69) is 36.3 Å². The molecule has 38 heavy (non-hydrogen) atoms. The smallest absolute Gasteiger partial charge is 0.186 e. The number of fused-ring (bicyclic) bond motifs is 1. The first-order valence-corrected chi connectivity index (χ1v) is 14.9. The highest BCUT2D eigenvalue weighted by Crippen LogP contribution is 2.46. The average Bonchev–Trinajstić information content (AvgIpc) is 3.54. The first-order chi connectivity index (χ1) is 18.4. The van der Waals surface area contributed by atoms with Gasteiger partial charge < -0.3 is 19.8 Å². The van der Waals surface area contributed by atoms with Gasteiger partial charge in [0.15, 0.2) is 5.13 Å². The van der Waals surface area contributed by atoms with Gasteiger partial charge in [0, 0.05) is 42.7 Å². The molecule has 2 atom stereocenters. The number of nitrogens with one attached hydrogen (secondary N) is 1. The molecule has 0 bridgehead atoms. The molecule has 6 nitrogen and oxygen atoms in total. The normalized spacial score (nSPS) is 15.2. The van der Waals surface area contributed by atoms with E-state index in [4.69, 9.17) is 32.7 Å². The van der Waals surface area contributed by atoms with Gasteiger partial charge in [-0.1, -0.05) is 65.7 Å². The van der Waals surface area contributed by atoms with Gasteiger partial charge in [-0.3, -0.25) is 0 Å². The lowest BCUT2D eigenvalue weighted by atomic mass is 10.00. The number of anilines is 1. The SMILES string of the molecule is CCC(CC(CC)N(C)c1nc2ccc(CO)cc2s1)NCc1c(-c2c(Cl)cccc2Cl)noc1C1CC1. The second-order valence-corrected chi connectivity index (χ2v) is 11.9. The summed E-state index contributed by atoms with van der Waals surface area (Å²) >= 11 is 14.8. The summed E-state index contributed by atoms with van der Waals surface area (Å²) in [5.74, 6) is 1.38. The molecule has 2 aromatic heterocycles. The zero-order valence-electron chi connectivity index (χ0n) is 22.0. The van der Waals surface area contributed by atoms with Crippen LogP contribution in [0.15, 0.2) is 40.9 Å². The molecule has 0 radical (unpaired) electrons. The molecule has 4 aromatic rings. The molecule has 2 aromatic carbocycles. The minimum absolute atomic E-state index is 0.0412. The molecule has 1 fully saturated rings. The van der Waals surface area contributed by atoms with Crippen LogP contribution in [0.3, 0.4) is 0 Å². The molecule has 2 heterocycles. The van der Waals surface area contributed by atoms with Crippen LogP contribution in [0.1, 0.15) is 68.8 Å². The number of aliphatic hydroxyl groups is 1. The van der Waals surface area contributed by atoms with Crippen LogP contribution in [0.4, 0.5) is 5.13 Å². The van der Waals surface area contributed by atoms with Gasteiger partial charge in [0.2, 0.25) is 0 Å². The number of nitrogens with zero attached hydrogens (tertiary/aromatic N) is 3. The predicted molar refractivity (Wildman–Crippen MR) is 157 cm³/mol. The van der Waals surface area contributed by atoms with Crippen molar-refractivity contribution in [3.05, 3.63) is 63.3 Å². The molecule has 2 N–H and O–H groups in total. The van der Waals surface area contributed by atoms with E-state index in [-0.39, 0.29) is 6.61 Å². The molecule has 0 saturated heterocycles. The highest BCUT2D eigenvalue weighted by molar-refractivity contribution is 7.22. The minimum Gasteiger partial charge on any atom is -0.392 e. The largest absolute Gasteiger partial charge is 0.392 e. The van der Waals surface area contributed by atoms with Crippen LogP contribution in [0.5, 0.6) is 0 Å². The number of rotatable bonds is 12. The monoisotopic (exact) mass is 572 g/mol. The van der Waals surface area contributed by atoms with Gasteiger partial charge in [-0.15, -0.1) is 0 Å². The van der Waals surface area contributed by atoms with Crippen molar-refractivity contribution in [2.75, 3.05) is 11.9 Å². The number of hydrogen-bond acceptors (Lipinski definition) is 7. The number of aromatic nitrogens is 2. The fourth-order valence-electron chi connectivity index (χ4n) is 5.01. The second kappa shape index (κ2) is 11.9. The van der Waals surface area contributed by atoms with E-state index < -0.39 is 0 Å². The molecule has 1 aliphatic carbocycles. The van der Waals surface area contributed by atoms with Crippen molar-refractivity contribution in [2.24, 2.45) is 0 Å². The summed E-state index contributed by atoms with van der Waals surface area (Å²) in [7, 11) is 2.13. The summed E-state index contributed by atoms with van der Waals surface area (Å²) in [6, 6.07) is 12.1. The second-order valence-electron chi connectivity index (χ2n) is 10.1. The lowest BCUT2D eigenvalue weighted by molar-refractivity contribution is 0.282. The Balaban J connectivity index is 1.33. The van der Waals surface area contributed by atoms with E-state index in [0.717, 1.165) is 75.6 Å². The molecular formula is C29H34Cl2N4O2S. The van der Waals surface area contributed by atoms with Crippen molar-refractivity contribution >= 4 is 49.9 Å². The number of benzene rings is 2. The molecule has 5 rings (SSSR count). The topological polar surface area (TPSA) is 74.4 Å². The molecule has 9 heteroatoms. The standard InChI is InChI=1S/C29H34Cl2N4O2S/c1-4-19(14-20(5-2)35(3)29-33-24-12-9-17(16-36)13-25(24)38-29)32-15-21-27(34-37-28(21)18-10-11-18)26-22(30)7-6-8-23(26)31/h6-9,12-13,18-20,32,36H,4-5,10-11,14-16H2,1-3H3. The van der Waals surface area contributed by atoms with Gasteiger partial charge in [-0.05, 0) is 61.9 Å². The Labute approximate surface area is 238 Å². The summed E-state index contributed by atoms with van der Waals surface area (Å²) in [6.45, 7) is 5.14. The molecule has 0 amide bonds. The zero-order valence-corrected chi connectivity index (χ0v) is 24.3. The summed E-state index contributed by atoms with van der Waals surface area (Å²) < 4.78 is 6.96. The number of halogens is 2. The summed E-state index contributed by atoms with van der Waals surface area (Å²) in [4.78, 5) is 7.18. The Morgan fingerprint density at radius 2 is 1.92 bits per heavy atom. The van der Waals surface area contributed by atoms with Gasteiger partial charge in [0.05, 0.1) is 26.9 Å². The summed E-state index contributed by atoms with van der Waals surface area (Å²) in [5, 5.41) is 19.9. The van der Waals surface area contributed by atoms with Gasteiger partial charge in [-0.25, -0.2) is 4.98 Å². The molecule has 0 spiro atoms. The van der Waals surface area contributed by atoms with Crippen LogP contribution in [0.2, 0.25) is 10.0 Å². The zero-order chi connectivity index (χ0) is 26.8. The Hall–Kier alpha value is -2.16. The molecule has 2 unspecified atom stereocenters. The maximum atomic E-state index is 9.49. The van der Waals surface area contributed by atoms with Crippen LogP contribution in [-0.4, -0.2) is 34.4 Å². The van der Waals surface area contributed by atoms with Crippen molar-refractivity contribution in [2.45, 2.75) is 77.1 Å². The Bertz CT molecular complexity index is 1380. The van der Waals surface area contributed by atoms with E-state index in [0.29, 0.717) is 34.6 Å². The maximum Gasteiger partial charge on any atom is 0.186 e. The van der Waals surface area contributed by atoms with Crippen molar-refractivity contribution in [3.8, 4) is 11.3 Å². The van der Waals surface area contributed by atoms with Crippen LogP contribution in [-0.2, 0) is 13.2 Å². The molecule has 1 saturated carbocycles. The van der Waals surface area contributed by atoms with Crippen LogP contribution < -0.4 is 10.2 Å². The predicted octanol–water partition coefficient (Wildman–Crippen LogP) is 7.80. The lowest BCUT2D eigenvalue weighted by Gasteiger charge is -2.30. The first kappa shape index (κ1) is 27.4. The Morgan fingerprint density at radius 3 is 2.58 bits per heavy atom. The van der Waals surface area contributed by atoms with Gasteiger partial charge in [0.25, 0.3) is 0 Å². The fourth-order valence-corrected chi connectivity index (χ4v) is 6.65. The van der Waals surface area contributed by atoms with Crippen LogP contribution in [0, 0.1) is 0 Å². The number of aliphatic hydroxyl groups excluding tert-OH is 1. The van der Waals surface area contributed by atoms with Crippen LogP contribution >= 0.6 is 34.5 Å². The van der Waals surface area contributed by atoms with E-state index in [1.807, 2.05) is 36.4 Å². The Kier molecular flexibility index (Phi) is 8.60. The van der Waals surface area contributed by atoms with E-state index in [1.54, 1.807) is 11.3 Å². The van der Waals surface area contributed by atoms with Crippen molar-refractivity contribution in [3.63, 3.8) is 0 Å². The van der Waals surface area contributed by atoms with Crippen LogP contribution in [0.25, 0.3) is 21.5 Å². The highest BCUT2D eigenvalue weighted by atomic mass is 35.5. The third-order valence-electron chi connectivity index (χ3n) is 7.53. The van der Waals surface area contributed by atoms with Crippen molar-refractivity contribution < 1.29 is 9.63 Å². The molecule has 202 valence electrons. The quantitative estimate of drug-likeness (QED) is 0.180. The van der Waals surface area contributed by atoms with Crippen molar-refractivity contribution in [1.82, 2.24) is 15.5 Å². The highest BCUT2D eigenvalue weighted by Gasteiger charge is 2.33. The number of hydrogen-bond donors (Lipinski definition) is 2. The van der Waals surface area contributed by atoms with Gasteiger partial charge in [0.1, 0.15) is 11.5 Å². The maximum absolute atomic E-state index is 9.49. The lowest BCUT2D eigenvalue weighted by Crippen LogP contribution is -2.39. The first-order valence-electron chi connectivity index (χ1n) is 13.3. The van der Waals surface area contributed by atoms with Crippen molar-refractivity contribution in [1.29, 1.82) is 0 Å².